The van der Waals surface area contributed by atoms with Crippen molar-refractivity contribution in [1.82, 2.24) is 0 Å². The third kappa shape index (κ3) is 25.1. The molecule has 0 radical (unpaired) electrons. The maximum atomic E-state index is 14.2. The van der Waals surface area contributed by atoms with Gasteiger partial charge in [0.05, 0.1) is 0 Å². The summed E-state index contributed by atoms with van der Waals surface area (Å²) < 4.78 is 96.0. The maximum Gasteiger partial charge on any atom is 0.338 e. The molecule has 0 aliphatic carbocycles. The van der Waals surface area contributed by atoms with Crippen LogP contribution in [0.1, 0.15) is 49.9 Å². The third-order valence-corrected chi connectivity index (χ3v) is 13.3. The molecule has 0 aliphatic rings. The zero-order valence-electron chi connectivity index (χ0n) is 55.0. The van der Waals surface area contributed by atoms with Crippen molar-refractivity contribution in [2.24, 2.45) is 0 Å². The summed E-state index contributed by atoms with van der Waals surface area (Å²) in [6.45, 7) is 33.2. The summed E-state index contributed by atoms with van der Waals surface area (Å²) in [5.41, 5.74) is 8.83. The van der Waals surface area contributed by atoms with E-state index < -0.39 is 71.0 Å². The Morgan fingerprint density at radius 3 is 0.940 bits per heavy atom. The van der Waals surface area contributed by atoms with E-state index in [1.165, 1.54) is 50.2 Å². The molecule has 0 atom stereocenters. The van der Waals surface area contributed by atoms with Gasteiger partial charge in [0.15, 0.2) is 23.1 Å². The van der Waals surface area contributed by atoms with Gasteiger partial charge in [-0.3, -0.25) is 0 Å². The molecule has 0 heterocycles. The van der Waals surface area contributed by atoms with Gasteiger partial charge in [0.25, 0.3) is 0 Å². The van der Waals surface area contributed by atoms with Crippen LogP contribution < -0.4 is 18.9 Å². The number of halogens is 4. The Labute approximate surface area is 575 Å². The minimum absolute atomic E-state index is 0.135. The van der Waals surface area contributed by atoms with Gasteiger partial charge in [-0.05, 0) is 144 Å². The molecule has 0 N–H and O–H groups in total. The molecular weight excluding hydrogens is 1290 g/mol. The quantitative estimate of drug-likeness (QED) is 0.0181. The molecule has 20 heteroatoms. The van der Waals surface area contributed by atoms with Crippen molar-refractivity contribution in [2.75, 3.05) is 0 Å². The van der Waals surface area contributed by atoms with Gasteiger partial charge < -0.3 is 37.9 Å². The van der Waals surface area contributed by atoms with Crippen LogP contribution in [0.5, 0.6) is 23.0 Å². The number of rotatable bonds is 24. The van der Waals surface area contributed by atoms with Gasteiger partial charge in [-0.25, -0.2) is 55.9 Å². The molecule has 0 aliphatic heterocycles. The molecule has 0 spiro atoms. The first-order valence-corrected chi connectivity index (χ1v) is 29.8. The number of carbonyl (C=O) groups is 8. The van der Waals surface area contributed by atoms with Crippen molar-refractivity contribution in [2.45, 2.75) is 54.1 Å². The lowest BCUT2D eigenvalue weighted by Crippen LogP contribution is -2.09. The molecule has 100 heavy (non-hydrogen) atoms. The van der Waals surface area contributed by atoms with Gasteiger partial charge in [-0.2, -0.15) is 0 Å². The summed E-state index contributed by atoms with van der Waals surface area (Å²) in [5.74, 6) is -6.36. The van der Waals surface area contributed by atoms with E-state index in [1.807, 2.05) is 0 Å². The molecular formula is C80H68F4O16. The molecule has 16 nitrogen and oxygen atoms in total. The second-order valence-corrected chi connectivity index (χ2v) is 21.3. The maximum absolute atomic E-state index is 14.2. The fraction of sp³-hybridized carbons (Fsp3) is 0.100. The average Bonchev–Trinajstić information content (AvgIpc) is 0.855. The number of hydrogen-bond donors (Lipinski definition) is 0. The van der Waals surface area contributed by atoms with Crippen molar-refractivity contribution >= 4 is 47.8 Å². The normalized spacial score (nSPS) is 10.0. The van der Waals surface area contributed by atoms with Crippen LogP contribution in [0.25, 0.3) is 44.5 Å². The summed E-state index contributed by atoms with van der Waals surface area (Å²) in [6.07, 6.45) is 4.15. The average molecular weight is 1360 g/mol. The van der Waals surface area contributed by atoms with Gasteiger partial charge in [-0.1, -0.05) is 162 Å². The first kappa shape index (κ1) is 77.9. The van der Waals surface area contributed by atoms with Crippen LogP contribution in [0.3, 0.4) is 0 Å². The molecule has 0 bridgehead atoms. The summed E-state index contributed by atoms with van der Waals surface area (Å²) in [7, 11) is 0. The van der Waals surface area contributed by atoms with Gasteiger partial charge in [-0.15, -0.1) is 0 Å². The molecule has 0 aromatic heterocycles. The highest BCUT2D eigenvalue weighted by Crippen LogP contribution is 2.31. The zero-order valence-corrected chi connectivity index (χ0v) is 55.0. The Morgan fingerprint density at radius 2 is 0.580 bits per heavy atom. The SMILES string of the molecule is C=C(C)C(=O)OCc1ccc(-c2ccc(OC(=O)C(=C)C)c(F)c2)cc1.C=C(C)C(=O)OCc1ccc(-c2ccc(OC(=O)C(=C)C)cc2)cc1F.C=CC(=O)OCc1ccc(-c2ccc(OC(=O)C=C)c(F)c2)cc1.C=CC(=O)OCc1ccc(-c2ccc(OC(=O)C=C)cc2)cc1F. The number of hydrogen-bond acceptors (Lipinski definition) is 16. The van der Waals surface area contributed by atoms with Crippen LogP contribution >= 0.6 is 0 Å². The van der Waals surface area contributed by atoms with Crippen molar-refractivity contribution in [1.29, 1.82) is 0 Å². The second kappa shape index (κ2) is 38.6. The fourth-order valence-electron chi connectivity index (χ4n) is 7.88. The largest absolute Gasteiger partial charge is 0.458 e. The van der Waals surface area contributed by atoms with E-state index in [0.717, 1.165) is 57.7 Å². The smallest absolute Gasteiger partial charge is 0.338 e. The Hall–Kier alpha value is -12.8. The van der Waals surface area contributed by atoms with Crippen molar-refractivity contribution in [3.63, 3.8) is 0 Å². The molecule has 8 aromatic carbocycles. The summed E-state index contributed by atoms with van der Waals surface area (Å²) in [4.78, 5) is 90.0. The first-order valence-electron chi connectivity index (χ1n) is 29.8. The highest BCUT2D eigenvalue weighted by Gasteiger charge is 2.16. The van der Waals surface area contributed by atoms with E-state index in [9.17, 15) is 55.9 Å². The van der Waals surface area contributed by atoms with Gasteiger partial charge >= 0.3 is 47.8 Å². The van der Waals surface area contributed by atoms with E-state index in [0.29, 0.717) is 44.9 Å². The molecule has 8 aromatic rings. The highest BCUT2D eigenvalue weighted by molar-refractivity contribution is 5.90. The van der Waals surface area contributed by atoms with Crippen LogP contribution in [0, 0.1) is 23.3 Å². The molecule has 512 valence electrons. The van der Waals surface area contributed by atoms with Gasteiger partial charge in [0, 0.05) is 57.7 Å². The second-order valence-electron chi connectivity index (χ2n) is 21.3. The topological polar surface area (TPSA) is 210 Å². The molecule has 0 fully saturated rings. The number of benzene rings is 8. The van der Waals surface area contributed by atoms with Crippen LogP contribution in [0.4, 0.5) is 17.6 Å². The summed E-state index contributed by atoms with van der Waals surface area (Å²) in [5, 5.41) is 0. The van der Waals surface area contributed by atoms with E-state index >= 15 is 0 Å². The highest BCUT2D eigenvalue weighted by atomic mass is 19.1. The third-order valence-electron chi connectivity index (χ3n) is 13.3. The van der Waals surface area contributed by atoms with Crippen LogP contribution in [-0.4, -0.2) is 47.8 Å². The standard InChI is InChI=1S/2C21H19FO4.2C19H15FO4/c1-13(2)20(23)25-12-15-5-7-16(8-6-15)17-9-10-19(18(22)11-17)26-21(24)14(3)4;1-13(2)20(23)25-12-17-6-5-16(11-19(17)22)15-7-9-18(10-8-15)26-21(24)14(3)4;1-3-18(21)23-12-13-5-7-14(8-6-13)15-9-10-17(16(20)11-15)24-19(22)4-2;1-3-18(21)23-12-15-6-5-14(11-17(15)20)13-7-9-16(10-8-13)24-19(22)4-2/h2*5-11H,1,3,12H2,2,4H3;2*3-11H,1-2,12H2. The van der Waals surface area contributed by atoms with E-state index in [2.05, 4.69) is 52.6 Å². The lowest BCUT2D eigenvalue weighted by atomic mass is 10.0. The predicted molar refractivity (Wildman–Crippen MR) is 369 cm³/mol. The lowest BCUT2D eigenvalue weighted by molar-refractivity contribution is -0.141. The molecule has 0 amide bonds. The molecule has 0 saturated carbocycles. The number of esters is 8. The fourth-order valence-corrected chi connectivity index (χ4v) is 7.88. The van der Waals surface area contributed by atoms with E-state index in [-0.39, 0.29) is 60.2 Å². The lowest BCUT2D eigenvalue weighted by Gasteiger charge is -2.09. The molecule has 0 unspecified atom stereocenters. The molecule has 8 rings (SSSR count). The Morgan fingerprint density at radius 1 is 0.300 bits per heavy atom. The Bertz CT molecular complexity index is 4420. The number of carbonyl (C=O) groups excluding carboxylic acids is 8. The van der Waals surface area contributed by atoms with E-state index in [1.54, 1.807) is 147 Å². The Balaban J connectivity index is 0.000000241. The van der Waals surface area contributed by atoms with Crippen molar-refractivity contribution in [3.05, 3.63) is 315 Å². The van der Waals surface area contributed by atoms with Crippen LogP contribution in [0.15, 0.2) is 269 Å². The van der Waals surface area contributed by atoms with Gasteiger partial charge in [0.2, 0.25) is 0 Å². The Kier molecular flexibility index (Phi) is 30.1. The van der Waals surface area contributed by atoms with Crippen LogP contribution in [-0.2, 0) is 83.7 Å². The van der Waals surface area contributed by atoms with E-state index in [4.69, 9.17) is 37.9 Å². The zero-order chi connectivity index (χ0) is 73.6. The predicted octanol–water partition coefficient (Wildman–Crippen LogP) is 16.8. The first-order chi connectivity index (χ1) is 47.6. The monoisotopic (exact) mass is 1360 g/mol. The molecule has 0 saturated heterocycles. The summed E-state index contributed by atoms with van der Waals surface area (Å²) in [6, 6.07) is 45.5. The van der Waals surface area contributed by atoms with Crippen molar-refractivity contribution < 1.29 is 93.8 Å². The number of ether oxygens (including phenoxy) is 8. The minimum atomic E-state index is -0.722. The van der Waals surface area contributed by atoms with Crippen molar-refractivity contribution in [3.8, 4) is 67.5 Å². The minimum Gasteiger partial charge on any atom is -0.458 e. The van der Waals surface area contributed by atoms with Gasteiger partial charge in [0.1, 0.15) is 49.6 Å². The van der Waals surface area contributed by atoms with Crippen LogP contribution in [0.2, 0.25) is 0 Å². The summed E-state index contributed by atoms with van der Waals surface area (Å²) >= 11 is 0.